The van der Waals surface area contributed by atoms with Crippen LogP contribution >= 0.6 is 27.5 Å². The van der Waals surface area contributed by atoms with Crippen LogP contribution in [-0.4, -0.2) is 12.2 Å². The molecule has 1 aliphatic carbocycles. The average Bonchev–Trinajstić information content (AvgIpc) is 2.55. The molecule has 0 radical (unpaired) electrons. The first kappa shape index (κ1) is 16.0. The predicted molar refractivity (Wildman–Crippen MR) is 95.5 cm³/mol. The van der Waals surface area contributed by atoms with Crippen LogP contribution in [0.2, 0.25) is 5.02 Å². The van der Waals surface area contributed by atoms with Crippen molar-refractivity contribution in [3.05, 3.63) is 68.7 Å². The van der Waals surface area contributed by atoms with Gasteiger partial charge in [0.1, 0.15) is 0 Å². The second-order valence-corrected chi connectivity index (χ2v) is 6.62. The van der Waals surface area contributed by atoms with Gasteiger partial charge in [0.15, 0.2) is 6.29 Å². The van der Waals surface area contributed by atoms with Gasteiger partial charge < -0.3 is 5.32 Å². The van der Waals surface area contributed by atoms with Crippen LogP contribution in [0.25, 0.3) is 5.57 Å². The SMILES string of the molecule is O=CC1=C(C(=O)Nc2ccc(Br)cc2)CCc2cc(Cl)ccc21. The van der Waals surface area contributed by atoms with Gasteiger partial charge in [0.05, 0.1) is 0 Å². The third-order valence-corrected chi connectivity index (χ3v) is 4.58. The quantitative estimate of drug-likeness (QED) is 0.776. The van der Waals surface area contributed by atoms with Gasteiger partial charge in [0.25, 0.3) is 5.91 Å². The van der Waals surface area contributed by atoms with Crippen molar-refractivity contribution in [1.29, 1.82) is 0 Å². The lowest BCUT2D eigenvalue weighted by molar-refractivity contribution is -0.113. The molecule has 1 aliphatic rings. The number of rotatable bonds is 3. The number of fused-ring (bicyclic) bond motifs is 1. The Hall–Kier alpha value is -1.91. The summed E-state index contributed by atoms with van der Waals surface area (Å²) in [5.74, 6) is -0.241. The Morgan fingerprint density at radius 3 is 2.57 bits per heavy atom. The number of benzene rings is 2. The number of amides is 1. The molecule has 116 valence electrons. The molecule has 0 heterocycles. The third-order valence-electron chi connectivity index (χ3n) is 3.82. The molecular weight excluding hydrogens is 378 g/mol. The lowest BCUT2D eigenvalue weighted by atomic mass is 9.85. The van der Waals surface area contributed by atoms with Crippen LogP contribution in [0.1, 0.15) is 17.5 Å². The summed E-state index contributed by atoms with van der Waals surface area (Å²) in [6.07, 6.45) is 1.96. The van der Waals surface area contributed by atoms with Gasteiger partial charge in [-0.3, -0.25) is 9.59 Å². The zero-order valence-corrected chi connectivity index (χ0v) is 14.4. The van der Waals surface area contributed by atoms with Gasteiger partial charge in [-0.1, -0.05) is 33.6 Å². The minimum atomic E-state index is -0.241. The molecule has 1 N–H and O–H groups in total. The molecule has 1 amide bonds. The minimum absolute atomic E-state index is 0.241. The molecule has 2 aromatic carbocycles. The highest BCUT2D eigenvalue weighted by atomic mass is 79.9. The minimum Gasteiger partial charge on any atom is -0.322 e. The topological polar surface area (TPSA) is 46.2 Å². The number of allylic oxidation sites excluding steroid dienone is 1. The number of nitrogens with one attached hydrogen (secondary N) is 1. The number of carbonyl (C=O) groups is 2. The highest BCUT2D eigenvalue weighted by Gasteiger charge is 2.23. The molecule has 0 aromatic heterocycles. The number of anilines is 1. The van der Waals surface area contributed by atoms with Crippen molar-refractivity contribution in [3.63, 3.8) is 0 Å². The van der Waals surface area contributed by atoms with E-state index < -0.39 is 0 Å². The van der Waals surface area contributed by atoms with E-state index in [2.05, 4.69) is 21.2 Å². The molecule has 0 aliphatic heterocycles. The summed E-state index contributed by atoms with van der Waals surface area (Å²) in [4.78, 5) is 24.1. The Morgan fingerprint density at radius 2 is 1.87 bits per heavy atom. The average molecular weight is 391 g/mol. The number of carbonyl (C=O) groups excluding carboxylic acids is 2. The maximum absolute atomic E-state index is 12.5. The summed E-state index contributed by atoms with van der Waals surface area (Å²) in [5, 5.41) is 3.48. The van der Waals surface area contributed by atoms with Gasteiger partial charge in [0, 0.05) is 26.3 Å². The molecule has 0 fully saturated rings. The molecule has 5 heteroatoms. The summed E-state index contributed by atoms with van der Waals surface area (Å²) < 4.78 is 0.937. The van der Waals surface area contributed by atoms with Gasteiger partial charge in [-0.2, -0.15) is 0 Å². The standard InChI is InChI=1S/C18H13BrClNO2/c19-12-2-5-14(6-3-12)21-18(23)16-7-1-11-9-13(20)4-8-15(11)17(16)10-22/h2-6,8-10H,1,7H2,(H,21,23). The zero-order valence-electron chi connectivity index (χ0n) is 12.1. The first-order valence-corrected chi connectivity index (χ1v) is 8.29. The Labute approximate surface area is 147 Å². The summed E-state index contributed by atoms with van der Waals surface area (Å²) in [6, 6.07) is 12.7. The van der Waals surface area contributed by atoms with Gasteiger partial charge in [-0.15, -0.1) is 0 Å². The Bertz CT molecular complexity index is 812. The fourth-order valence-electron chi connectivity index (χ4n) is 2.70. The van der Waals surface area contributed by atoms with Crippen molar-refractivity contribution in [2.24, 2.45) is 0 Å². The number of hydrogen-bond acceptors (Lipinski definition) is 2. The summed E-state index contributed by atoms with van der Waals surface area (Å²) in [5.41, 5.74) is 3.43. The van der Waals surface area contributed by atoms with Crippen molar-refractivity contribution >= 4 is 51.0 Å². The molecule has 0 atom stereocenters. The number of halogens is 2. The molecule has 0 saturated heterocycles. The van der Waals surface area contributed by atoms with Crippen LogP contribution in [0.4, 0.5) is 5.69 Å². The molecule has 0 saturated carbocycles. The fourth-order valence-corrected chi connectivity index (χ4v) is 3.16. The number of aryl methyl sites for hydroxylation is 1. The molecule has 23 heavy (non-hydrogen) atoms. The summed E-state index contributed by atoms with van der Waals surface area (Å²) in [7, 11) is 0. The lowest BCUT2D eigenvalue weighted by Gasteiger charge is -2.20. The largest absolute Gasteiger partial charge is 0.322 e. The summed E-state index contributed by atoms with van der Waals surface area (Å²) in [6.45, 7) is 0. The van der Waals surface area contributed by atoms with Crippen molar-refractivity contribution in [3.8, 4) is 0 Å². The number of aldehydes is 1. The van der Waals surface area contributed by atoms with E-state index >= 15 is 0 Å². The second-order valence-electron chi connectivity index (χ2n) is 5.27. The van der Waals surface area contributed by atoms with Crippen molar-refractivity contribution in [2.75, 3.05) is 5.32 Å². The maximum atomic E-state index is 12.5. The van der Waals surface area contributed by atoms with Crippen molar-refractivity contribution in [1.82, 2.24) is 0 Å². The van der Waals surface area contributed by atoms with E-state index in [1.165, 1.54) is 0 Å². The third kappa shape index (κ3) is 3.38. The van der Waals surface area contributed by atoms with Crippen molar-refractivity contribution < 1.29 is 9.59 Å². The van der Waals surface area contributed by atoms with E-state index in [1.54, 1.807) is 24.3 Å². The van der Waals surface area contributed by atoms with Crippen LogP contribution in [-0.2, 0) is 16.0 Å². The van der Waals surface area contributed by atoms with E-state index in [0.29, 0.717) is 34.7 Å². The fraction of sp³-hybridized carbons (Fsp3) is 0.111. The molecule has 0 unspecified atom stereocenters. The first-order chi connectivity index (χ1) is 11.1. The van der Waals surface area contributed by atoms with Crippen LogP contribution < -0.4 is 5.32 Å². The van der Waals surface area contributed by atoms with Gasteiger partial charge in [-0.05, 0) is 60.4 Å². The smallest absolute Gasteiger partial charge is 0.252 e. The monoisotopic (exact) mass is 389 g/mol. The summed E-state index contributed by atoms with van der Waals surface area (Å²) >= 11 is 9.35. The van der Waals surface area contributed by atoms with E-state index in [4.69, 9.17) is 11.6 Å². The van der Waals surface area contributed by atoms with Crippen molar-refractivity contribution in [2.45, 2.75) is 12.8 Å². The van der Waals surface area contributed by atoms with E-state index in [-0.39, 0.29) is 5.91 Å². The highest BCUT2D eigenvalue weighted by molar-refractivity contribution is 9.10. The molecule has 0 bridgehead atoms. The van der Waals surface area contributed by atoms with E-state index in [9.17, 15) is 9.59 Å². The van der Waals surface area contributed by atoms with Gasteiger partial charge >= 0.3 is 0 Å². The van der Waals surface area contributed by atoms with E-state index in [0.717, 1.165) is 21.9 Å². The Kier molecular flexibility index (Phi) is 4.64. The van der Waals surface area contributed by atoms with E-state index in [1.807, 2.05) is 18.2 Å². The molecule has 2 aromatic rings. The predicted octanol–water partition coefficient (Wildman–Crippen LogP) is 4.64. The lowest BCUT2D eigenvalue weighted by Crippen LogP contribution is -2.20. The Morgan fingerprint density at radius 1 is 1.13 bits per heavy atom. The van der Waals surface area contributed by atoms with Gasteiger partial charge in [-0.25, -0.2) is 0 Å². The molecule has 0 spiro atoms. The zero-order chi connectivity index (χ0) is 16.4. The molecular formula is C18H13BrClNO2. The highest BCUT2D eigenvalue weighted by Crippen LogP contribution is 2.32. The maximum Gasteiger partial charge on any atom is 0.252 e. The van der Waals surface area contributed by atoms with Crippen LogP contribution in [0.3, 0.4) is 0 Å². The van der Waals surface area contributed by atoms with Crippen LogP contribution in [0.5, 0.6) is 0 Å². The van der Waals surface area contributed by atoms with Crippen LogP contribution in [0.15, 0.2) is 52.5 Å². The van der Waals surface area contributed by atoms with Gasteiger partial charge in [0.2, 0.25) is 0 Å². The molecule has 3 rings (SSSR count). The number of hydrogen-bond donors (Lipinski definition) is 1. The second kappa shape index (κ2) is 6.69. The Balaban J connectivity index is 1.93. The first-order valence-electron chi connectivity index (χ1n) is 7.12. The molecule has 3 nitrogen and oxygen atoms in total. The normalized spacial score (nSPS) is 13.5. The van der Waals surface area contributed by atoms with Crippen LogP contribution in [0, 0.1) is 0 Å².